The Labute approximate surface area is 88.1 Å². The van der Waals surface area contributed by atoms with Gasteiger partial charge in [-0.05, 0) is 6.42 Å². The van der Waals surface area contributed by atoms with Gasteiger partial charge in [-0.3, -0.25) is 4.99 Å². The van der Waals surface area contributed by atoms with Gasteiger partial charge in [-0.2, -0.15) is 0 Å². The van der Waals surface area contributed by atoms with Crippen molar-refractivity contribution in [2.75, 3.05) is 7.05 Å². The summed E-state index contributed by atoms with van der Waals surface area (Å²) in [5, 5.41) is 13.7. The van der Waals surface area contributed by atoms with Gasteiger partial charge < -0.3 is 15.2 Å². The van der Waals surface area contributed by atoms with Crippen molar-refractivity contribution < 1.29 is 9.84 Å². The topological polar surface area (TPSA) is 53.8 Å². The lowest BCUT2D eigenvalue weighted by atomic mass is 10.0. The number of ether oxygens (including phenoxy) is 1. The van der Waals surface area contributed by atoms with Gasteiger partial charge in [0.05, 0.1) is 18.2 Å². The van der Waals surface area contributed by atoms with Crippen LogP contribution in [0.2, 0.25) is 0 Å². The van der Waals surface area contributed by atoms with E-state index in [0.29, 0.717) is 0 Å². The average molecular weight is 216 g/mol. The molecule has 0 aromatic carbocycles. The number of nitrogens with one attached hydrogen (secondary N) is 1. The van der Waals surface area contributed by atoms with Gasteiger partial charge in [0.2, 0.25) is 0 Å². The average Bonchev–Trinajstić information content (AvgIpc) is 2.58. The molecular weight excluding hydrogens is 200 g/mol. The van der Waals surface area contributed by atoms with E-state index in [-0.39, 0.29) is 23.7 Å². The van der Waals surface area contributed by atoms with E-state index in [2.05, 4.69) is 10.3 Å². The molecule has 80 valence electrons. The first-order valence-corrected chi connectivity index (χ1v) is 5.88. The van der Waals surface area contributed by atoms with Crippen LogP contribution in [0.1, 0.15) is 19.8 Å². The van der Waals surface area contributed by atoms with Gasteiger partial charge in [-0.1, -0.05) is 18.7 Å². The third-order valence-corrected chi connectivity index (χ3v) is 3.85. The highest BCUT2D eigenvalue weighted by Gasteiger charge is 2.40. The highest BCUT2D eigenvalue weighted by Crippen LogP contribution is 2.35. The fraction of sp³-hybridized carbons (Fsp3) is 0.889. The summed E-state index contributed by atoms with van der Waals surface area (Å²) in [5.74, 6) is 0. The van der Waals surface area contributed by atoms with Gasteiger partial charge in [0.25, 0.3) is 0 Å². The molecule has 1 fully saturated rings. The number of nitrogens with zero attached hydrogens (tertiary/aromatic N) is 1. The fourth-order valence-electron chi connectivity index (χ4n) is 1.87. The summed E-state index contributed by atoms with van der Waals surface area (Å²) in [6.45, 7) is 2.04. The molecule has 0 aromatic heterocycles. The molecule has 0 amide bonds. The summed E-state index contributed by atoms with van der Waals surface area (Å²) in [6.07, 6.45) is 1.21. The monoisotopic (exact) mass is 216 g/mol. The Morgan fingerprint density at radius 3 is 3.14 bits per heavy atom. The molecule has 2 aliphatic rings. The molecule has 5 heteroatoms. The maximum atomic E-state index is 9.75. The largest absolute Gasteiger partial charge is 0.390 e. The molecule has 2 aliphatic heterocycles. The van der Waals surface area contributed by atoms with E-state index >= 15 is 0 Å². The molecule has 0 bridgehead atoms. The van der Waals surface area contributed by atoms with Crippen molar-refractivity contribution in [2.24, 2.45) is 4.99 Å². The van der Waals surface area contributed by atoms with Gasteiger partial charge in [0, 0.05) is 13.5 Å². The van der Waals surface area contributed by atoms with Crippen LogP contribution in [0.3, 0.4) is 0 Å². The molecule has 0 saturated carbocycles. The lowest BCUT2D eigenvalue weighted by molar-refractivity contribution is -0.0937. The minimum atomic E-state index is -0.359. The van der Waals surface area contributed by atoms with Crippen LogP contribution < -0.4 is 5.32 Å². The number of fused-ring (bicyclic) bond motifs is 1. The van der Waals surface area contributed by atoms with E-state index < -0.39 is 0 Å². The minimum Gasteiger partial charge on any atom is -0.390 e. The standard InChI is InChI=1S/C9H16N2O2S/c1-3-7-6(12)4-5-8(13-7)14-9(10-2)11-5/h5-8,12H,3-4H2,1-2H3,(H,10,11)/t5-,6-,7-,8-/m1/s1. The molecule has 4 atom stereocenters. The first-order chi connectivity index (χ1) is 6.74. The Hall–Kier alpha value is -0.260. The minimum absolute atomic E-state index is 0.0184. The van der Waals surface area contributed by atoms with E-state index in [9.17, 15) is 5.11 Å². The van der Waals surface area contributed by atoms with E-state index in [1.54, 1.807) is 11.8 Å². The van der Waals surface area contributed by atoms with Gasteiger partial charge in [0.1, 0.15) is 5.44 Å². The molecule has 0 unspecified atom stereocenters. The fourth-order valence-corrected chi connectivity index (χ4v) is 2.93. The van der Waals surface area contributed by atoms with Gasteiger partial charge in [-0.25, -0.2) is 0 Å². The van der Waals surface area contributed by atoms with Crippen LogP contribution in [0.25, 0.3) is 0 Å². The maximum absolute atomic E-state index is 9.75. The lowest BCUT2D eigenvalue weighted by Crippen LogP contribution is -2.43. The summed E-state index contributed by atoms with van der Waals surface area (Å²) < 4.78 is 5.76. The normalized spacial score (nSPS) is 41.8. The van der Waals surface area contributed by atoms with Crippen LogP contribution in [0, 0.1) is 0 Å². The predicted octanol–water partition coefficient (Wildman–Crippen LogP) is 0.563. The van der Waals surface area contributed by atoms with Crippen molar-refractivity contribution in [1.29, 1.82) is 0 Å². The molecule has 0 spiro atoms. The highest BCUT2D eigenvalue weighted by atomic mass is 32.2. The second-order valence-corrected chi connectivity index (χ2v) is 4.71. The van der Waals surface area contributed by atoms with Crippen molar-refractivity contribution in [3.05, 3.63) is 0 Å². The van der Waals surface area contributed by atoms with Crippen LogP contribution in [0.4, 0.5) is 0 Å². The number of aliphatic hydroxyl groups excluding tert-OH is 1. The zero-order valence-electron chi connectivity index (χ0n) is 8.43. The number of thioether (sulfide) groups is 1. The number of aliphatic hydroxyl groups is 1. The summed E-state index contributed by atoms with van der Waals surface area (Å²) in [6, 6.07) is 0.125. The number of hydrogen-bond donors (Lipinski definition) is 2. The first kappa shape index (κ1) is 10.3. The molecule has 0 radical (unpaired) electrons. The van der Waals surface area contributed by atoms with Crippen LogP contribution in [0.15, 0.2) is 4.99 Å². The zero-order valence-corrected chi connectivity index (χ0v) is 9.25. The quantitative estimate of drug-likeness (QED) is 0.672. The molecular formula is C9H16N2O2S. The van der Waals surface area contributed by atoms with E-state index in [0.717, 1.165) is 18.0 Å². The van der Waals surface area contributed by atoms with Gasteiger partial charge >= 0.3 is 0 Å². The smallest absolute Gasteiger partial charge is 0.159 e. The molecule has 4 nitrogen and oxygen atoms in total. The second-order valence-electron chi connectivity index (χ2n) is 3.62. The van der Waals surface area contributed by atoms with E-state index in [1.807, 2.05) is 14.0 Å². The zero-order chi connectivity index (χ0) is 10.1. The Morgan fingerprint density at radius 2 is 2.50 bits per heavy atom. The lowest BCUT2D eigenvalue weighted by Gasteiger charge is -2.33. The van der Waals surface area contributed by atoms with E-state index in [1.165, 1.54) is 0 Å². The highest BCUT2D eigenvalue weighted by molar-refractivity contribution is 8.14. The first-order valence-electron chi connectivity index (χ1n) is 5.00. The molecule has 0 aromatic rings. The van der Waals surface area contributed by atoms with Crippen molar-refractivity contribution in [3.8, 4) is 0 Å². The van der Waals surface area contributed by atoms with Crippen molar-refractivity contribution in [3.63, 3.8) is 0 Å². The van der Waals surface area contributed by atoms with Crippen molar-refractivity contribution >= 4 is 16.9 Å². The summed E-state index contributed by atoms with van der Waals surface area (Å²) in [7, 11) is 1.86. The number of rotatable bonds is 1. The Kier molecular flexibility index (Phi) is 2.99. The van der Waals surface area contributed by atoms with Crippen LogP contribution in [-0.4, -0.2) is 41.0 Å². The third kappa shape index (κ3) is 1.76. The third-order valence-electron chi connectivity index (χ3n) is 2.66. The van der Waals surface area contributed by atoms with E-state index in [4.69, 9.17) is 4.74 Å². The summed E-state index contributed by atoms with van der Waals surface area (Å²) in [5.41, 5.74) is 0.103. The molecule has 14 heavy (non-hydrogen) atoms. The van der Waals surface area contributed by atoms with Crippen LogP contribution >= 0.6 is 11.8 Å². The van der Waals surface area contributed by atoms with Gasteiger partial charge in [-0.15, -0.1) is 0 Å². The Bertz CT molecular complexity index is 247. The SMILES string of the molecule is CC[C@H]1O[C@@H]2SC(NC)=N[C@@H]2C[C@H]1O. The molecule has 2 rings (SSSR count). The molecule has 1 saturated heterocycles. The Balaban J connectivity index is 2.02. The predicted molar refractivity (Wildman–Crippen MR) is 57.4 cm³/mol. The summed E-state index contributed by atoms with van der Waals surface area (Å²) in [4.78, 5) is 4.43. The number of aliphatic imine (C=N–C) groups is 1. The van der Waals surface area contributed by atoms with Crippen LogP contribution in [-0.2, 0) is 4.74 Å². The van der Waals surface area contributed by atoms with Crippen LogP contribution in [0.5, 0.6) is 0 Å². The van der Waals surface area contributed by atoms with Gasteiger partial charge in [0.15, 0.2) is 5.17 Å². The second kappa shape index (κ2) is 4.08. The number of amidine groups is 1. The number of hydrogen-bond acceptors (Lipinski definition) is 5. The Morgan fingerprint density at radius 1 is 1.71 bits per heavy atom. The summed E-state index contributed by atoms with van der Waals surface area (Å²) >= 11 is 1.62. The van der Waals surface area contributed by atoms with Crippen molar-refractivity contribution in [2.45, 2.75) is 43.5 Å². The molecule has 2 heterocycles. The molecule has 2 N–H and O–H groups in total. The maximum Gasteiger partial charge on any atom is 0.159 e. The molecule has 0 aliphatic carbocycles. The van der Waals surface area contributed by atoms with Crippen molar-refractivity contribution in [1.82, 2.24) is 5.32 Å².